The number of ether oxygens (including phenoxy) is 2. The van der Waals surface area contributed by atoms with Gasteiger partial charge in [0, 0.05) is 48.9 Å². The second-order valence-electron chi connectivity index (χ2n) is 6.81. The average Bonchev–Trinajstić information content (AvgIpc) is 2.98. The van der Waals surface area contributed by atoms with Gasteiger partial charge in [-0.25, -0.2) is 0 Å². The number of halogens is 1. The van der Waals surface area contributed by atoms with Crippen molar-refractivity contribution in [2.45, 2.75) is 17.9 Å². The van der Waals surface area contributed by atoms with Crippen LogP contribution in [0.3, 0.4) is 0 Å². The maximum Gasteiger partial charge on any atom is 0.233 e. The number of hydrogen-bond acceptors (Lipinski definition) is 6. The minimum atomic E-state index is 0.191. The number of piperazine rings is 1. The summed E-state index contributed by atoms with van der Waals surface area (Å²) in [4.78, 5) is 19.2. The molecule has 0 spiro atoms. The lowest BCUT2D eigenvalue weighted by molar-refractivity contribution is -0.130. The zero-order valence-corrected chi connectivity index (χ0v) is 18.0. The topological polar surface area (TPSA) is 42.0 Å². The third-order valence-corrected chi connectivity index (χ3v) is 7.01. The zero-order chi connectivity index (χ0) is 19.3. The molecule has 0 saturated carbocycles. The molecule has 28 heavy (non-hydrogen) atoms. The molecule has 0 radical (unpaired) electrons. The maximum absolute atomic E-state index is 12.6. The summed E-state index contributed by atoms with van der Waals surface area (Å²) in [7, 11) is 0. The highest BCUT2D eigenvalue weighted by Gasteiger charge is 2.21. The Balaban J connectivity index is 1.24. The van der Waals surface area contributed by atoms with Gasteiger partial charge in [-0.2, -0.15) is 0 Å². The standard InChI is InChI=1S/C20H23ClN2O3S2/c21-19-5-3-16(28-19)13-22-6-8-23(9-7-22)20(24)14-27-15-2-4-17-18(12-15)26-11-1-10-25-17/h2-5,12H,1,6-11,13-14H2. The SMILES string of the molecule is O=C(CSc1ccc2c(c1)OCCCO2)N1CCN(Cc2ccc(Cl)s2)CC1. The van der Waals surface area contributed by atoms with Crippen molar-refractivity contribution in [2.24, 2.45) is 0 Å². The number of thiophene rings is 1. The normalized spacial score (nSPS) is 17.4. The zero-order valence-electron chi connectivity index (χ0n) is 15.6. The third-order valence-electron chi connectivity index (χ3n) is 4.81. The predicted molar refractivity (Wildman–Crippen MR) is 114 cm³/mol. The Kier molecular flexibility index (Phi) is 6.67. The summed E-state index contributed by atoms with van der Waals surface area (Å²) in [6.07, 6.45) is 0.890. The highest BCUT2D eigenvalue weighted by molar-refractivity contribution is 8.00. The Morgan fingerprint density at radius 2 is 1.86 bits per heavy atom. The molecule has 0 unspecified atom stereocenters. The van der Waals surface area contributed by atoms with Gasteiger partial charge in [-0.3, -0.25) is 9.69 Å². The molecular weight excluding hydrogens is 416 g/mol. The highest BCUT2D eigenvalue weighted by atomic mass is 35.5. The van der Waals surface area contributed by atoms with Crippen molar-refractivity contribution in [3.8, 4) is 11.5 Å². The van der Waals surface area contributed by atoms with Crippen LogP contribution in [0.25, 0.3) is 0 Å². The molecule has 150 valence electrons. The summed E-state index contributed by atoms with van der Waals surface area (Å²) in [5, 5.41) is 0. The predicted octanol–water partition coefficient (Wildman–Crippen LogP) is 4.00. The van der Waals surface area contributed by atoms with Gasteiger partial charge in [0.25, 0.3) is 0 Å². The second-order valence-corrected chi connectivity index (χ2v) is 9.66. The maximum atomic E-state index is 12.6. The lowest BCUT2D eigenvalue weighted by atomic mass is 10.3. The summed E-state index contributed by atoms with van der Waals surface area (Å²) in [5.74, 6) is 2.20. The van der Waals surface area contributed by atoms with Crippen LogP contribution in [0.5, 0.6) is 11.5 Å². The summed E-state index contributed by atoms with van der Waals surface area (Å²) in [6.45, 7) is 5.61. The van der Waals surface area contributed by atoms with Gasteiger partial charge in [0.2, 0.25) is 5.91 Å². The molecule has 2 aliphatic rings. The van der Waals surface area contributed by atoms with E-state index in [1.165, 1.54) is 4.88 Å². The van der Waals surface area contributed by atoms with Crippen molar-refractivity contribution in [3.63, 3.8) is 0 Å². The van der Waals surface area contributed by atoms with E-state index in [2.05, 4.69) is 11.0 Å². The van der Waals surface area contributed by atoms with E-state index in [1.807, 2.05) is 29.2 Å². The van der Waals surface area contributed by atoms with E-state index in [1.54, 1.807) is 23.1 Å². The van der Waals surface area contributed by atoms with E-state index in [0.717, 1.165) is 59.9 Å². The number of carbonyl (C=O) groups is 1. The summed E-state index contributed by atoms with van der Waals surface area (Å²) < 4.78 is 12.2. The number of thioether (sulfide) groups is 1. The molecule has 1 aromatic heterocycles. The van der Waals surface area contributed by atoms with Crippen molar-refractivity contribution >= 4 is 40.6 Å². The van der Waals surface area contributed by atoms with Gasteiger partial charge < -0.3 is 14.4 Å². The molecule has 0 bridgehead atoms. The Morgan fingerprint density at radius 1 is 1.07 bits per heavy atom. The van der Waals surface area contributed by atoms with Crippen molar-refractivity contribution < 1.29 is 14.3 Å². The number of benzene rings is 1. The van der Waals surface area contributed by atoms with E-state index in [0.29, 0.717) is 19.0 Å². The van der Waals surface area contributed by atoms with Gasteiger partial charge in [-0.1, -0.05) is 11.6 Å². The quantitative estimate of drug-likeness (QED) is 0.660. The minimum Gasteiger partial charge on any atom is -0.490 e. The molecule has 2 aliphatic heterocycles. The molecule has 3 heterocycles. The molecular formula is C20H23ClN2O3S2. The fourth-order valence-electron chi connectivity index (χ4n) is 3.28. The second kappa shape index (κ2) is 9.39. The van der Waals surface area contributed by atoms with Crippen LogP contribution in [0, 0.1) is 0 Å². The van der Waals surface area contributed by atoms with E-state index in [9.17, 15) is 4.79 Å². The van der Waals surface area contributed by atoms with Crippen molar-refractivity contribution in [1.82, 2.24) is 9.80 Å². The lowest BCUT2D eigenvalue weighted by Gasteiger charge is -2.34. The molecule has 0 aliphatic carbocycles. The molecule has 1 fully saturated rings. The molecule has 1 aromatic carbocycles. The van der Waals surface area contributed by atoms with E-state index in [-0.39, 0.29) is 5.91 Å². The molecule has 0 N–H and O–H groups in total. The first-order valence-corrected chi connectivity index (χ1v) is 11.6. The smallest absolute Gasteiger partial charge is 0.233 e. The summed E-state index contributed by atoms with van der Waals surface area (Å²) in [5.41, 5.74) is 0. The highest BCUT2D eigenvalue weighted by Crippen LogP contribution is 2.34. The van der Waals surface area contributed by atoms with Crippen LogP contribution in [0.1, 0.15) is 11.3 Å². The number of nitrogens with zero attached hydrogens (tertiary/aromatic N) is 2. The number of rotatable bonds is 5. The summed E-state index contributed by atoms with van der Waals surface area (Å²) in [6, 6.07) is 9.93. The van der Waals surface area contributed by atoms with Crippen LogP contribution < -0.4 is 9.47 Å². The van der Waals surface area contributed by atoms with Gasteiger partial charge in [-0.15, -0.1) is 23.1 Å². The first-order chi connectivity index (χ1) is 13.7. The fraction of sp³-hybridized carbons (Fsp3) is 0.450. The first-order valence-electron chi connectivity index (χ1n) is 9.44. The third kappa shape index (κ3) is 5.14. The number of hydrogen-bond donors (Lipinski definition) is 0. The average molecular weight is 439 g/mol. The van der Waals surface area contributed by atoms with Crippen LogP contribution in [-0.4, -0.2) is 60.9 Å². The molecule has 1 saturated heterocycles. The van der Waals surface area contributed by atoms with Crippen LogP contribution in [-0.2, 0) is 11.3 Å². The van der Waals surface area contributed by atoms with Crippen molar-refractivity contribution in [1.29, 1.82) is 0 Å². The van der Waals surface area contributed by atoms with Crippen LogP contribution >= 0.6 is 34.7 Å². The van der Waals surface area contributed by atoms with Crippen LogP contribution in [0.2, 0.25) is 4.34 Å². The van der Waals surface area contributed by atoms with Crippen LogP contribution in [0.4, 0.5) is 0 Å². The van der Waals surface area contributed by atoms with Crippen LogP contribution in [0.15, 0.2) is 35.2 Å². The van der Waals surface area contributed by atoms with E-state index < -0.39 is 0 Å². The molecule has 5 nitrogen and oxygen atoms in total. The Labute approximate surface area is 178 Å². The Hall–Kier alpha value is -1.41. The van der Waals surface area contributed by atoms with Crippen molar-refractivity contribution in [2.75, 3.05) is 45.1 Å². The van der Waals surface area contributed by atoms with E-state index >= 15 is 0 Å². The number of amides is 1. The van der Waals surface area contributed by atoms with Gasteiger partial charge in [0.15, 0.2) is 11.5 Å². The molecule has 2 aromatic rings. The Morgan fingerprint density at radius 3 is 2.61 bits per heavy atom. The van der Waals surface area contributed by atoms with Crippen molar-refractivity contribution in [3.05, 3.63) is 39.5 Å². The monoisotopic (exact) mass is 438 g/mol. The Bertz CT molecular complexity index is 822. The van der Waals surface area contributed by atoms with Gasteiger partial charge in [0.05, 0.1) is 23.3 Å². The number of fused-ring (bicyclic) bond motifs is 1. The summed E-state index contributed by atoms with van der Waals surface area (Å²) >= 11 is 9.19. The molecule has 4 rings (SSSR count). The van der Waals surface area contributed by atoms with Gasteiger partial charge in [-0.05, 0) is 30.3 Å². The lowest BCUT2D eigenvalue weighted by Crippen LogP contribution is -2.48. The fourth-order valence-corrected chi connectivity index (χ4v) is 5.24. The van der Waals surface area contributed by atoms with Gasteiger partial charge >= 0.3 is 0 Å². The molecule has 0 atom stereocenters. The minimum absolute atomic E-state index is 0.191. The molecule has 1 amide bonds. The first kappa shape index (κ1) is 19.9. The molecule has 8 heteroatoms. The van der Waals surface area contributed by atoms with Gasteiger partial charge in [0.1, 0.15) is 0 Å². The number of carbonyl (C=O) groups excluding carboxylic acids is 1. The van der Waals surface area contributed by atoms with E-state index in [4.69, 9.17) is 21.1 Å². The largest absolute Gasteiger partial charge is 0.490 e.